The minimum atomic E-state index is -1.19. The van der Waals surface area contributed by atoms with Crippen molar-refractivity contribution in [1.29, 1.82) is 0 Å². The van der Waals surface area contributed by atoms with E-state index in [1.54, 1.807) is 0 Å². The third-order valence-electron chi connectivity index (χ3n) is 1.65. The molecule has 2 N–H and O–H groups in total. The van der Waals surface area contributed by atoms with Crippen LogP contribution in [0.2, 0.25) is 0 Å². The van der Waals surface area contributed by atoms with Crippen LogP contribution in [0.5, 0.6) is 0 Å². The van der Waals surface area contributed by atoms with Crippen molar-refractivity contribution in [2.45, 2.75) is 6.54 Å². The molecule has 5 heteroatoms. The van der Waals surface area contributed by atoms with Gasteiger partial charge in [-0.05, 0) is 5.56 Å². The van der Waals surface area contributed by atoms with Crippen LogP contribution in [0.1, 0.15) is 5.56 Å². The van der Waals surface area contributed by atoms with Gasteiger partial charge in [0.05, 0.1) is 6.54 Å². The van der Waals surface area contributed by atoms with Crippen LogP contribution in [0.3, 0.4) is 0 Å². The average molecular weight is 221 g/mol. The Morgan fingerprint density at radius 3 is 2.56 bits per heavy atom. The van der Waals surface area contributed by atoms with E-state index in [9.17, 15) is 9.59 Å². The zero-order valence-corrected chi connectivity index (χ0v) is 8.42. The summed E-state index contributed by atoms with van der Waals surface area (Å²) in [5.41, 5.74) is 3.39. The Morgan fingerprint density at radius 1 is 1.25 bits per heavy atom. The summed E-state index contributed by atoms with van der Waals surface area (Å²) in [7, 11) is 0. The Bertz CT molecular complexity index is 386. The van der Waals surface area contributed by atoms with Crippen LogP contribution in [0.4, 0.5) is 0 Å². The first kappa shape index (κ1) is 11.9. The van der Waals surface area contributed by atoms with Gasteiger partial charge in [0, 0.05) is 12.2 Å². The van der Waals surface area contributed by atoms with Gasteiger partial charge in [0.1, 0.15) is 0 Å². The van der Waals surface area contributed by atoms with E-state index in [4.69, 9.17) is 5.11 Å². The molecule has 84 valence electrons. The lowest BCUT2D eigenvalue weighted by Crippen LogP contribution is -2.18. The molecule has 16 heavy (non-hydrogen) atoms. The Hall–Kier alpha value is -2.14. The minimum Gasteiger partial charge on any atom is -0.478 e. The SMILES string of the molecule is O=C(O)/C=C/C(=O)ONCc1ccccc1. The molecule has 0 aliphatic heterocycles. The number of carbonyl (C=O) groups excluding carboxylic acids is 1. The highest BCUT2D eigenvalue weighted by Crippen LogP contribution is 1.96. The molecule has 1 aromatic rings. The van der Waals surface area contributed by atoms with Gasteiger partial charge < -0.3 is 9.94 Å². The highest BCUT2D eigenvalue weighted by molar-refractivity contribution is 5.90. The van der Waals surface area contributed by atoms with Gasteiger partial charge in [-0.15, -0.1) is 5.48 Å². The van der Waals surface area contributed by atoms with E-state index < -0.39 is 11.9 Å². The first-order chi connectivity index (χ1) is 7.68. The number of aliphatic carboxylic acids is 1. The van der Waals surface area contributed by atoms with E-state index >= 15 is 0 Å². The molecule has 0 aromatic heterocycles. The molecule has 5 nitrogen and oxygen atoms in total. The Labute approximate surface area is 92.3 Å². The Balaban J connectivity index is 2.26. The molecule has 0 fully saturated rings. The fourth-order valence-electron chi connectivity index (χ4n) is 0.960. The van der Waals surface area contributed by atoms with Crippen LogP contribution in [-0.4, -0.2) is 17.0 Å². The lowest BCUT2D eigenvalue weighted by Gasteiger charge is -2.02. The summed E-state index contributed by atoms with van der Waals surface area (Å²) in [5.74, 6) is -1.95. The summed E-state index contributed by atoms with van der Waals surface area (Å²) in [4.78, 5) is 25.5. The van der Waals surface area contributed by atoms with Crippen LogP contribution >= 0.6 is 0 Å². The normalized spacial score (nSPS) is 10.2. The van der Waals surface area contributed by atoms with E-state index in [-0.39, 0.29) is 0 Å². The molecular formula is C11H11NO4. The Kier molecular flexibility index (Phi) is 4.75. The summed E-state index contributed by atoms with van der Waals surface area (Å²) in [6.07, 6.45) is 1.55. The number of carbonyl (C=O) groups is 2. The monoisotopic (exact) mass is 221 g/mol. The molecule has 0 saturated carbocycles. The quantitative estimate of drug-likeness (QED) is 0.570. The lowest BCUT2D eigenvalue weighted by atomic mass is 10.2. The minimum absolute atomic E-state index is 0.369. The molecule has 0 heterocycles. The maximum atomic E-state index is 10.9. The number of nitrogens with one attached hydrogen (secondary N) is 1. The third-order valence-corrected chi connectivity index (χ3v) is 1.65. The fourth-order valence-corrected chi connectivity index (χ4v) is 0.960. The van der Waals surface area contributed by atoms with Crippen molar-refractivity contribution < 1.29 is 19.5 Å². The molecule has 0 aliphatic rings. The van der Waals surface area contributed by atoms with Gasteiger partial charge in [-0.1, -0.05) is 30.3 Å². The molecule has 0 atom stereocenters. The molecule has 0 unspecified atom stereocenters. The van der Waals surface area contributed by atoms with Gasteiger partial charge in [-0.25, -0.2) is 9.59 Å². The zero-order valence-electron chi connectivity index (χ0n) is 8.42. The van der Waals surface area contributed by atoms with Gasteiger partial charge in [0.15, 0.2) is 0 Å². The first-order valence-electron chi connectivity index (χ1n) is 4.57. The van der Waals surface area contributed by atoms with Gasteiger partial charge in [-0.3, -0.25) is 0 Å². The van der Waals surface area contributed by atoms with Crippen molar-refractivity contribution >= 4 is 11.9 Å². The maximum Gasteiger partial charge on any atom is 0.349 e. The molecule has 0 spiro atoms. The summed E-state index contributed by atoms with van der Waals surface area (Å²) >= 11 is 0. The largest absolute Gasteiger partial charge is 0.478 e. The van der Waals surface area contributed by atoms with E-state index in [1.165, 1.54) is 0 Å². The van der Waals surface area contributed by atoms with Gasteiger partial charge in [0.2, 0.25) is 0 Å². The van der Waals surface area contributed by atoms with E-state index in [1.807, 2.05) is 30.3 Å². The molecule has 0 radical (unpaired) electrons. The number of carboxylic acid groups (broad SMARTS) is 1. The zero-order chi connectivity index (χ0) is 11.8. The highest BCUT2D eigenvalue weighted by Gasteiger charge is 1.98. The summed E-state index contributed by atoms with van der Waals surface area (Å²) < 4.78 is 0. The molecule has 0 saturated heterocycles. The number of hydrogen-bond donors (Lipinski definition) is 2. The summed E-state index contributed by atoms with van der Waals surface area (Å²) in [6.45, 7) is 0.369. The second-order valence-electron chi connectivity index (χ2n) is 2.90. The van der Waals surface area contributed by atoms with Gasteiger partial charge >= 0.3 is 11.9 Å². The van der Waals surface area contributed by atoms with Crippen LogP contribution in [0.15, 0.2) is 42.5 Å². The first-order valence-corrected chi connectivity index (χ1v) is 4.57. The van der Waals surface area contributed by atoms with Crippen molar-refractivity contribution in [3.63, 3.8) is 0 Å². The lowest BCUT2D eigenvalue weighted by molar-refractivity contribution is -0.145. The highest BCUT2D eigenvalue weighted by atomic mass is 16.7. The molecule has 0 amide bonds. The van der Waals surface area contributed by atoms with Gasteiger partial charge in [-0.2, -0.15) is 0 Å². The molecule has 1 aromatic carbocycles. The maximum absolute atomic E-state index is 10.9. The smallest absolute Gasteiger partial charge is 0.349 e. The third kappa shape index (κ3) is 4.92. The average Bonchev–Trinajstić information content (AvgIpc) is 2.28. The van der Waals surface area contributed by atoms with Crippen LogP contribution in [-0.2, 0) is 21.0 Å². The van der Waals surface area contributed by atoms with Crippen molar-refractivity contribution in [1.82, 2.24) is 5.48 Å². The predicted octanol–water partition coefficient (Wildman–Crippen LogP) is 0.875. The van der Waals surface area contributed by atoms with Crippen molar-refractivity contribution in [2.24, 2.45) is 0 Å². The van der Waals surface area contributed by atoms with Gasteiger partial charge in [0.25, 0.3) is 0 Å². The molecular weight excluding hydrogens is 210 g/mol. The molecule has 1 rings (SSSR count). The van der Waals surface area contributed by atoms with E-state index in [2.05, 4.69) is 10.3 Å². The number of rotatable bonds is 5. The molecule has 0 bridgehead atoms. The number of hydroxylamine groups is 1. The van der Waals surface area contributed by atoms with Crippen LogP contribution in [0.25, 0.3) is 0 Å². The van der Waals surface area contributed by atoms with E-state index in [0.717, 1.165) is 11.6 Å². The predicted molar refractivity (Wildman–Crippen MR) is 56.1 cm³/mol. The van der Waals surface area contributed by atoms with E-state index in [0.29, 0.717) is 12.6 Å². The summed E-state index contributed by atoms with van der Waals surface area (Å²) in [5, 5.41) is 8.25. The van der Waals surface area contributed by atoms with Crippen molar-refractivity contribution in [3.8, 4) is 0 Å². The number of hydrogen-bond acceptors (Lipinski definition) is 4. The topological polar surface area (TPSA) is 75.6 Å². The second-order valence-corrected chi connectivity index (χ2v) is 2.90. The van der Waals surface area contributed by atoms with Crippen LogP contribution in [0, 0.1) is 0 Å². The Morgan fingerprint density at radius 2 is 1.94 bits per heavy atom. The van der Waals surface area contributed by atoms with Crippen LogP contribution < -0.4 is 5.48 Å². The second kappa shape index (κ2) is 6.36. The molecule has 0 aliphatic carbocycles. The van der Waals surface area contributed by atoms with Crippen molar-refractivity contribution in [2.75, 3.05) is 0 Å². The number of carboxylic acids is 1. The number of benzene rings is 1. The standard InChI is InChI=1S/C11H11NO4/c13-10(14)6-7-11(15)16-12-8-9-4-2-1-3-5-9/h1-7,12H,8H2,(H,13,14)/b7-6+. The summed E-state index contributed by atoms with van der Waals surface area (Å²) in [6, 6.07) is 9.35. The van der Waals surface area contributed by atoms with Crippen molar-refractivity contribution in [3.05, 3.63) is 48.0 Å². The fraction of sp³-hybridized carbons (Fsp3) is 0.0909.